The van der Waals surface area contributed by atoms with E-state index in [1.807, 2.05) is 35.2 Å². The lowest BCUT2D eigenvalue weighted by Crippen LogP contribution is -2.41. The molecule has 0 unspecified atom stereocenters. The quantitative estimate of drug-likeness (QED) is 0.662. The van der Waals surface area contributed by atoms with Crippen LogP contribution in [0, 0.1) is 5.92 Å². The number of hydrogen-bond donors (Lipinski definition) is 0. The van der Waals surface area contributed by atoms with E-state index in [9.17, 15) is 9.59 Å². The zero-order chi connectivity index (χ0) is 22.5. The lowest BCUT2D eigenvalue weighted by molar-refractivity contribution is -0.138. The molecule has 8 heteroatoms. The Morgan fingerprint density at radius 1 is 1.00 bits per heavy atom. The fourth-order valence-electron chi connectivity index (χ4n) is 4.48. The van der Waals surface area contributed by atoms with Gasteiger partial charge in [-0.25, -0.2) is 0 Å². The molecule has 0 spiro atoms. The number of aromatic nitrogens is 3. The van der Waals surface area contributed by atoms with Crippen LogP contribution < -0.4 is 0 Å². The van der Waals surface area contributed by atoms with Gasteiger partial charge in [-0.15, -0.1) is 10.2 Å². The molecule has 0 bridgehead atoms. The van der Waals surface area contributed by atoms with E-state index >= 15 is 0 Å². The molecule has 32 heavy (non-hydrogen) atoms. The minimum atomic E-state index is -0.0197. The van der Waals surface area contributed by atoms with Crippen molar-refractivity contribution in [2.24, 2.45) is 5.92 Å². The van der Waals surface area contributed by atoms with Gasteiger partial charge in [0, 0.05) is 38.5 Å². The van der Waals surface area contributed by atoms with Crippen molar-refractivity contribution in [1.82, 2.24) is 24.6 Å². The van der Waals surface area contributed by atoms with Crippen molar-refractivity contribution < 1.29 is 14.3 Å². The summed E-state index contributed by atoms with van der Waals surface area (Å²) in [5, 5.41) is 8.86. The van der Waals surface area contributed by atoms with E-state index < -0.39 is 0 Å². The minimum Gasteiger partial charge on any atom is -0.367 e. The zero-order valence-corrected chi connectivity index (χ0v) is 19.1. The Balaban J connectivity index is 1.28. The number of hydrogen-bond acceptors (Lipinski definition) is 5. The van der Waals surface area contributed by atoms with E-state index in [2.05, 4.69) is 28.6 Å². The molecule has 2 amide bonds. The Bertz CT molecular complexity index is 919. The second-order valence-corrected chi connectivity index (χ2v) is 9.17. The van der Waals surface area contributed by atoms with Gasteiger partial charge < -0.3 is 19.1 Å². The van der Waals surface area contributed by atoms with Crippen LogP contribution >= 0.6 is 0 Å². The summed E-state index contributed by atoms with van der Waals surface area (Å²) >= 11 is 0. The number of nitrogens with zero attached hydrogens (tertiary/aromatic N) is 5. The van der Waals surface area contributed by atoms with Gasteiger partial charge in [0.15, 0.2) is 5.82 Å². The van der Waals surface area contributed by atoms with Crippen LogP contribution in [0.5, 0.6) is 0 Å². The van der Waals surface area contributed by atoms with Crippen LogP contribution in [0.15, 0.2) is 30.3 Å². The lowest BCUT2D eigenvalue weighted by Gasteiger charge is -2.33. The number of carbonyl (C=O) groups excluding carboxylic acids is 2. The molecule has 0 radical (unpaired) electrons. The summed E-state index contributed by atoms with van der Waals surface area (Å²) in [6.45, 7) is 8.02. The standard InChI is InChI=1S/C24H33N5O3/c1-18(2)14-22(30)27-10-8-20(9-11-27)24-26-25-21-15-28(12-13-29(21)24)23(31)17-32-16-19-6-4-3-5-7-19/h3-7,18,20H,8-17H2,1-2H3. The van der Waals surface area contributed by atoms with Crippen LogP contribution in [-0.4, -0.2) is 62.6 Å². The largest absolute Gasteiger partial charge is 0.367 e. The Hall–Kier alpha value is -2.74. The molecular weight excluding hydrogens is 406 g/mol. The average Bonchev–Trinajstić information content (AvgIpc) is 3.22. The third-order valence-electron chi connectivity index (χ3n) is 6.27. The molecule has 2 aliphatic rings. The summed E-state index contributed by atoms with van der Waals surface area (Å²) in [5.41, 5.74) is 1.06. The first kappa shape index (κ1) is 22.5. The second-order valence-electron chi connectivity index (χ2n) is 9.17. The number of carbonyl (C=O) groups is 2. The van der Waals surface area contributed by atoms with Crippen LogP contribution in [0.3, 0.4) is 0 Å². The SMILES string of the molecule is CC(C)CC(=O)N1CCC(c2nnc3n2CCN(C(=O)COCc2ccccc2)C3)CC1. The predicted octanol–water partition coefficient (Wildman–Crippen LogP) is 2.59. The number of fused-ring (bicyclic) bond motifs is 1. The van der Waals surface area contributed by atoms with Crippen molar-refractivity contribution in [2.45, 2.75) is 58.7 Å². The maximum Gasteiger partial charge on any atom is 0.249 e. The molecule has 2 aliphatic heterocycles. The molecule has 1 fully saturated rings. The van der Waals surface area contributed by atoms with Gasteiger partial charge in [0.05, 0.1) is 13.2 Å². The number of rotatable bonds is 7. The second kappa shape index (κ2) is 10.3. The van der Waals surface area contributed by atoms with Crippen molar-refractivity contribution in [2.75, 3.05) is 26.2 Å². The van der Waals surface area contributed by atoms with Gasteiger partial charge in [-0.2, -0.15) is 0 Å². The first-order valence-corrected chi connectivity index (χ1v) is 11.6. The van der Waals surface area contributed by atoms with Crippen LogP contribution in [0.4, 0.5) is 0 Å². The van der Waals surface area contributed by atoms with Crippen molar-refractivity contribution in [3.8, 4) is 0 Å². The molecule has 1 aromatic carbocycles. The summed E-state index contributed by atoms with van der Waals surface area (Å²) in [4.78, 5) is 28.7. The third-order valence-corrected chi connectivity index (χ3v) is 6.27. The van der Waals surface area contributed by atoms with E-state index in [0.717, 1.165) is 43.1 Å². The summed E-state index contributed by atoms with van der Waals surface area (Å²) in [5.74, 6) is 2.78. The smallest absolute Gasteiger partial charge is 0.249 e. The Morgan fingerprint density at radius 3 is 2.47 bits per heavy atom. The number of benzene rings is 1. The molecule has 1 aromatic heterocycles. The van der Waals surface area contributed by atoms with Gasteiger partial charge in [-0.05, 0) is 24.3 Å². The fourth-order valence-corrected chi connectivity index (χ4v) is 4.48. The van der Waals surface area contributed by atoms with Gasteiger partial charge in [-0.1, -0.05) is 44.2 Å². The molecular formula is C24H33N5O3. The number of amides is 2. The Labute approximate surface area is 189 Å². The van der Waals surface area contributed by atoms with Gasteiger partial charge in [-0.3, -0.25) is 9.59 Å². The Kier molecular flexibility index (Phi) is 7.19. The van der Waals surface area contributed by atoms with E-state index in [-0.39, 0.29) is 18.4 Å². The molecule has 3 heterocycles. The molecule has 2 aromatic rings. The molecule has 8 nitrogen and oxygen atoms in total. The van der Waals surface area contributed by atoms with E-state index in [1.54, 1.807) is 4.90 Å². The summed E-state index contributed by atoms with van der Waals surface area (Å²) < 4.78 is 7.78. The summed E-state index contributed by atoms with van der Waals surface area (Å²) in [6.07, 6.45) is 2.44. The highest BCUT2D eigenvalue weighted by Crippen LogP contribution is 2.29. The minimum absolute atomic E-state index is 0.0197. The van der Waals surface area contributed by atoms with Crippen molar-refractivity contribution in [1.29, 1.82) is 0 Å². The van der Waals surface area contributed by atoms with Gasteiger partial charge in [0.2, 0.25) is 11.8 Å². The number of piperidine rings is 1. The molecule has 0 saturated carbocycles. The normalized spacial score (nSPS) is 17.0. The van der Waals surface area contributed by atoms with Crippen LogP contribution in [0.1, 0.15) is 56.2 Å². The third kappa shape index (κ3) is 5.35. The van der Waals surface area contributed by atoms with E-state index in [4.69, 9.17) is 4.74 Å². The molecule has 4 rings (SSSR count). The number of ether oxygens (including phenoxy) is 1. The van der Waals surface area contributed by atoms with E-state index in [1.165, 1.54) is 0 Å². The first-order chi connectivity index (χ1) is 15.5. The Morgan fingerprint density at radius 2 is 1.75 bits per heavy atom. The molecule has 0 atom stereocenters. The zero-order valence-electron chi connectivity index (χ0n) is 19.1. The van der Waals surface area contributed by atoms with Crippen molar-refractivity contribution >= 4 is 11.8 Å². The van der Waals surface area contributed by atoms with Gasteiger partial charge >= 0.3 is 0 Å². The first-order valence-electron chi connectivity index (χ1n) is 11.6. The number of likely N-dealkylation sites (tertiary alicyclic amines) is 1. The van der Waals surface area contributed by atoms with Crippen molar-refractivity contribution in [3.05, 3.63) is 47.5 Å². The maximum atomic E-state index is 12.6. The highest BCUT2D eigenvalue weighted by Gasteiger charge is 2.31. The highest BCUT2D eigenvalue weighted by atomic mass is 16.5. The molecule has 1 saturated heterocycles. The lowest BCUT2D eigenvalue weighted by atomic mass is 9.95. The topological polar surface area (TPSA) is 80.6 Å². The van der Waals surface area contributed by atoms with Gasteiger partial charge in [0.25, 0.3) is 0 Å². The maximum absolute atomic E-state index is 12.6. The molecule has 172 valence electrons. The average molecular weight is 440 g/mol. The van der Waals surface area contributed by atoms with Crippen LogP contribution in [0.2, 0.25) is 0 Å². The van der Waals surface area contributed by atoms with Crippen molar-refractivity contribution in [3.63, 3.8) is 0 Å². The monoisotopic (exact) mass is 439 g/mol. The molecule has 0 aliphatic carbocycles. The molecule has 0 N–H and O–H groups in total. The predicted molar refractivity (Wildman–Crippen MR) is 120 cm³/mol. The van der Waals surface area contributed by atoms with Crippen LogP contribution in [0.25, 0.3) is 0 Å². The summed E-state index contributed by atoms with van der Waals surface area (Å²) in [6, 6.07) is 9.86. The highest BCUT2D eigenvalue weighted by molar-refractivity contribution is 5.77. The van der Waals surface area contributed by atoms with E-state index in [0.29, 0.717) is 44.5 Å². The fraction of sp³-hybridized carbons (Fsp3) is 0.583. The summed E-state index contributed by atoms with van der Waals surface area (Å²) in [7, 11) is 0. The van der Waals surface area contributed by atoms with Crippen LogP contribution in [-0.2, 0) is 34.0 Å². The van der Waals surface area contributed by atoms with Gasteiger partial charge in [0.1, 0.15) is 12.4 Å².